The summed E-state index contributed by atoms with van der Waals surface area (Å²) < 4.78 is 42.5. The van der Waals surface area contributed by atoms with E-state index in [1.165, 1.54) is 11.1 Å². The highest BCUT2D eigenvalue weighted by Gasteiger charge is 2.34. The van der Waals surface area contributed by atoms with Crippen molar-refractivity contribution in [1.29, 1.82) is 0 Å². The van der Waals surface area contributed by atoms with Crippen LogP contribution in [0, 0.1) is 0 Å². The molecule has 0 saturated carbocycles. The minimum absolute atomic E-state index is 0.436. The Morgan fingerprint density at radius 3 is 1.79 bits per heavy atom. The first-order chi connectivity index (χ1) is 16.4. The first-order valence-electron chi connectivity index (χ1n) is 11.5. The second kappa shape index (κ2) is 9.05. The van der Waals surface area contributed by atoms with E-state index >= 15 is 0 Å². The molecule has 176 valence electrons. The van der Waals surface area contributed by atoms with Crippen molar-refractivity contribution in [2.75, 3.05) is 10.8 Å². The number of amides is 2. The van der Waals surface area contributed by atoms with E-state index < -0.39 is 28.7 Å². The highest BCUT2D eigenvalue weighted by Crippen LogP contribution is 2.44. The number of carbonyl (C=O) groups is 1. The number of benzene rings is 3. The Balaban J connectivity index is 1.41. The van der Waals surface area contributed by atoms with Gasteiger partial charge in [0, 0.05) is 16.3 Å². The van der Waals surface area contributed by atoms with Crippen LogP contribution in [0.15, 0.2) is 66.7 Å². The van der Waals surface area contributed by atoms with Crippen LogP contribution < -0.4 is 20.6 Å². The van der Waals surface area contributed by atoms with Crippen LogP contribution in [0.2, 0.25) is 0 Å². The van der Waals surface area contributed by atoms with Crippen LogP contribution in [0.1, 0.15) is 35.1 Å². The van der Waals surface area contributed by atoms with Crippen LogP contribution in [0.4, 0.5) is 10.5 Å². The van der Waals surface area contributed by atoms with Crippen LogP contribution in [0.25, 0.3) is 0 Å². The van der Waals surface area contributed by atoms with Crippen LogP contribution in [-0.4, -0.2) is 19.9 Å². The van der Waals surface area contributed by atoms with Crippen molar-refractivity contribution in [3.05, 3.63) is 89.0 Å². The fourth-order valence-electron chi connectivity index (χ4n) is 5.15. The fraction of sp³-hybridized carbons (Fsp3) is 0.269. The molecular formula is C26H27N2O4PS. The second-order valence-electron chi connectivity index (χ2n) is 8.94. The Morgan fingerprint density at radius 2 is 1.29 bits per heavy atom. The largest absolute Gasteiger partial charge is 0.332 e. The standard InChI is InChI=1S/C26H27N2O4PS/c29-26(27-25-23-15-7-9-19(23)17-20-10-8-16-24(20)25)28-34(31,32)18-33(30,21-11-3-1-4-12-21)22-13-5-2-6-14-22/h1-6,11-14,17H,7-10,15-16,18H2,(H2,27,28,29). The molecule has 2 amide bonds. The summed E-state index contributed by atoms with van der Waals surface area (Å²) in [6, 6.07) is 18.6. The van der Waals surface area contributed by atoms with E-state index in [4.69, 9.17) is 0 Å². The van der Waals surface area contributed by atoms with Crippen molar-refractivity contribution in [1.82, 2.24) is 4.72 Å². The lowest BCUT2D eigenvalue weighted by Crippen LogP contribution is -2.38. The third-order valence-corrected chi connectivity index (χ3v) is 12.2. The molecule has 0 radical (unpaired) electrons. The molecule has 0 aliphatic heterocycles. The average molecular weight is 495 g/mol. The van der Waals surface area contributed by atoms with Crippen molar-refractivity contribution in [2.24, 2.45) is 0 Å². The van der Waals surface area contributed by atoms with Crippen molar-refractivity contribution >= 4 is 39.5 Å². The van der Waals surface area contributed by atoms with Gasteiger partial charge in [0.2, 0.25) is 10.0 Å². The SMILES string of the molecule is O=C(Nc1c2c(cc3c1CCC3)CCC2)NS(=O)(=O)CP(=O)(c1ccccc1)c1ccccc1. The maximum absolute atomic E-state index is 14.1. The molecular weight excluding hydrogens is 467 g/mol. The zero-order valence-corrected chi connectivity index (χ0v) is 20.5. The van der Waals surface area contributed by atoms with Gasteiger partial charge in [-0.2, -0.15) is 0 Å². The van der Waals surface area contributed by atoms with E-state index in [1.54, 1.807) is 60.7 Å². The molecule has 0 fully saturated rings. The Bertz CT molecular complexity index is 1310. The van der Waals surface area contributed by atoms with Gasteiger partial charge < -0.3 is 9.88 Å². The van der Waals surface area contributed by atoms with Gasteiger partial charge in [-0.3, -0.25) is 0 Å². The molecule has 8 heteroatoms. The third kappa shape index (κ3) is 4.42. The number of hydrogen-bond donors (Lipinski definition) is 2. The molecule has 5 rings (SSSR count). The molecule has 0 bridgehead atoms. The number of sulfonamides is 1. The fourth-order valence-corrected chi connectivity index (χ4v) is 10.5. The van der Waals surface area contributed by atoms with Gasteiger partial charge in [-0.25, -0.2) is 17.9 Å². The first-order valence-corrected chi connectivity index (χ1v) is 15.1. The molecule has 0 heterocycles. The molecule has 2 N–H and O–H groups in total. The van der Waals surface area contributed by atoms with Gasteiger partial charge in [0.15, 0.2) is 7.14 Å². The van der Waals surface area contributed by atoms with Crippen molar-refractivity contribution in [3.8, 4) is 0 Å². The van der Waals surface area contributed by atoms with Crippen LogP contribution in [0.3, 0.4) is 0 Å². The summed E-state index contributed by atoms with van der Waals surface area (Å²) in [6.07, 6.45) is 5.78. The van der Waals surface area contributed by atoms with E-state index in [0.29, 0.717) is 10.6 Å². The number of rotatable bonds is 6. The van der Waals surface area contributed by atoms with E-state index in [1.807, 2.05) is 0 Å². The quantitative estimate of drug-likeness (QED) is 0.505. The summed E-state index contributed by atoms with van der Waals surface area (Å²) >= 11 is 0. The van der Waals surface area contributed by atoms with Crippen molar-refractivity contribution in [2.45, 2.75) is 38.5 Å². The van der Waals surface area contributed by atoms with E-state index in [9.17, 15) is 17.8 Å². The summed E-state index contributed by atoms with van der Waals surface area (Å²) in [5, 5.41) is 3.72. The highest BCUT2D eigenvalue weighted by atomic mass is 32.2. The smallest absolute Gasteiger partial charge is 0.313 e. The average Bonchev–Trinajstić information content (AvgIpc) is 3.49. The minimum atomic E-state index is -4.21. The third-order valence-electron chi connectivity index (χ3n) is 6.66. The Kier molecular flexibility index (Phi) is 6.09. The molecule has 0 unspecified atom stereocenters. The minimum Gasteiger partial charge on any atom is -0.313 e. The normalized spacial score (nSPS) is 14.9. The maximum Gasteiger partial charge on any atom is 0.332 e. The van der Waals surface area contributed by atoms with E-state index in [2.05, 4.69) is 16.1 Å². The number of nitrogens with one attached hydrogen (secondary N) is 2. The van der Waals surface area contributed by atoms with Gasteiger partial charge >= 0.3 is 6.03 Å². The lowest BCUT2D eigenvalue weighted by atomic mass is 9.99. The summed E-state index contributed by atoms with van der Waals surface area (Å²) in [7, 11) is -7.75. The van der Waals surface area contributed by atoms with Gasteiger partial charge in [-0.15, -0.1) is 0 Å². The molecule has 2 aliphatic rings. The molecule has 0 aromatic heterocycles. The molecule has 3 aromatic carbocycles. The van der Waals surface area contributed by atoms with Crippen molar-refractivity contribution < 1.29 is 17.8 Å². The molecule has 2 aliphatic carbocycles. The number of hydrogen-bond acceptors (Lipinski definition) is 4. The van der Waals surface area contributed by atoms with Crippen LogP contribution >= 0.6 is 7.14 Å². The van der Waals surface area contributed by atoms with Gasteiger partial charge in [0.1, 0.15) is 5.49 Å². The van der Waals surface area contributed by atoms with Gasteiger partial charge in [0.05, 0.1) is 0 Å². The molecule has 0 saturated heterocycles. The van der Waals surface area contributed by atoms with Crippen LogP contribution in [0.5, 0.6) is 0 Å². The highest BCUT2D eigenvalue weighted by molar-refractivity contribution is 8.01. The number of carbonyl (C=O) groups excluding carboxylic acids is 1. The summed E-state index contributed by atoms with van der Waals surface area (Å²) in [5.74, 6) is 0. The summed E-state index contributed by atoms with van der Waals surface area (Å²) in [4.78, 5) is 12.9. The topological polar surface area (TPSA) is 92.3 Å². The van der Waals surface area contributed by atoms with E-state index in [-0.39, 0.29) is 0 Å². The number of fused-ring (bicyclic) bond motifs is 2. The Morgan fingerprint density at radius 1 is 0.794 bits per heavy atom. The monoisotopic (exact) mass is 494 g/mol. The zero-order chi connectivity index (χ0) is 23.8. The number of anilines is 1. The molecule has 3 aromatic rings. The Labute approximate surface area is 200 Å². The molecule has 34 heavy (non-hydrogen) atoms. The molecule has 0 spiro atoms. The predicted molar refractivity (Wildman–Crippen MR) is 136 cm³/mol. The lowest BCUT2D eigenvalue weighted by molar-refractivity contribution is 0.256. The van der Waals surface area contributed by atoms with Gasteiger partial charge in [0.25, 0.3) is 0 Å². The van der Waals surface area contributed by atoms with Crippen molar-refractivity contribution in [3.63, 3.8) is 0 Å². The zero-order valence-electron chi connectivity index (χ0n) is 18.8. The number of urea groups is 1. The molecule has 6 nitrogen and oxygen atoms in total. The first kappa shape index (κ1) is 22.9. The van der Waals surface area contributed by atoms with E-state index in [0.717, 1.165) is 55.3 Å². The lowest BCUT2D eigenvalue weighted by Gasteiger charge is -2.20. The number of aryl methyl sites for hydroxylation is 2. The summed E-state index contributed by atoms with van der Waals surface area (Å²) in [5.41, 5.74) is 4.81. The predicted octanol–water partition coefficient (Wildman–Crippen LogP) is 4.09. The maximum atomic E-state index is 14.1. The van der Waals surface area contributed by atoms with Crippen LogP contribution in [-0.2, 0) is 40.3 Å². The second-order valence-corrected chi connectivity index (χ2v) is 13.9. The van der Waals surface area contributed by atoms with Gasteiger partial charge in [-0.1, -0.05) is 66.7 Å². The summed E-state index contributed by atoms with van der Waals surface area (Å²) in [6.45, 7) is 0. The Hall–Kier alpha value is -2.89. The van der Waals surface area contributed by atoms with Gasteiger partial charge in [-0.05, 0) is 60.8 Å². The molecule has 0 atom stereocenters.